The normalized spacial score (nSPS) is 17.9. The molecule has 1 heterocycles. The number of rotatable bonds is 2. The van der Waals surface area contributed by atoms with Crippen molar-refractivity contribution in [3.05, 3.63) is 0 Å². The first-order valence-corrected chi connectivity index (χ1v) is 3.21. The van der Waals surface area contributed by atoms with Gasteiger partial charge in [0, 0.05) is 18.7 Å². The number of hydrogen-bond donors (Lipinski definition) is 1. The predicted octanol–water partition coefficient (Wildman–Crippen LogP) is 1.14. The second kappa shape index (κ2) is 2.70. The van der Waals surface area contributed by atoms with Gasteiger partial charge in [-0.25, -0.2) is 0 Å². The van der Waals surface area contributed by atoms with Crippen LogP contribution in [0.4, 0.5) is 0 Å². The van der Waals surface area contributed by atoms with E-state index in [2.05, 4.69) is 17.5 Å². The lowest BCUT2D eigenvalue weighted by atomic mass is 10.2. The van der Waals surface area contributed by atoms with E-state index in [1.54, 1.807) is 0 Å². The quantitative estimate of drug-likeness (QED) is 0.569. The Labute approximate surface area is 50.0 Å². The Morgan fingerprint density at radius 1 is 1.75 bits per heavy atom. The maximum Gasteiger partial charge on any atom is 0.0396 e. The van der Waals surface area contributed by atoms with E-state index in [9.17, 15) is 0 Å². The van der Waals surface area contributed by atoms with Gasteiger partial charge in [-0.05, 0) is 6.42 Å². The van der Waals surface area contributed by atoms with E-state index in [4.69, 9.17) is 0 Å². The van der Waals surface area contributed by atoms with Gasteiger partial charge in [0.15, 0.2) is 0 Å². The van der Waals surface area contributed by atoms with Crippen molar-refractivity contribution < 1.29 is 0 Å². The number of nitrogens with one attached hydrogen (secondary N) is 1. The molecule has 0 unspecified atom stereocenters. The molecule has 1 N–H and O–H groups in total. The van der Waals surface area contributed by atoms with Crippen LogP contribution in [0.3, 0.4) is 0 Å². The smallest absolute Gasteiger partial charge is 0.0396 e. The van der Waals surface area contributed by atoms with Crippen LogP contribution in [0.2, 0.25) is 0 Å². The van der Waals surface area contributed by atoms with Crippen LogP contribution in [0.15, 0.2) is 5.10 Å². The van der Waals surface area contributed by atoms with E-state index in [1.165, 1.54) is 18.6 Å². The van der Waals surface area contributed by atoms with Crippen molar-refractivity contribution in [3.8, 4) is 0 Å². The van der Waals surface area contributed by atoms with Crippen molar-refractivity contribution in [3.63, 3.8) is 0 Å². The average molecular weight is 112 g/mol. The monoisotopic (exact) mass is 112 g/mol. The SMILES string of the molecule is CCCC1=NNCC1. The summed E-state index contributed by atoms with van der Waals surface area (Å²) in [6, 6.07) is 0. The highest BCUT2D eigenvalue weighted by molar-refractivity contribution is 5.85. The summed E-state index contributed by atoms with van der Waals surface area (Å²) >= 11 is 0. The van der Waals surface area contributed by atoms with Gasteiger partial charge < -0.3 is 5.43 Å². The Kier molecular flexibility index (Phi) is 1.89. The van der Waals surface area contributed by atoms with Crippen LogP contribution in [0.25, 0.3) is 0 Å². The van der Waals surface area contributed by atoms with Crippen LogP contribution in [-0.4, -0.2) is 12.3 Å². The molecule has 0 saturated heterocycles. The molecule has 0 radical (unpaired) electrons. The number of nitrogens with zero attached hydrogens (tertiary/aromatic N) is 1. The van der Waals surface area contributed by atoms with E-state index >= 15 is 0 Å². The summed E-state index contributed by atoms with van der Waals surface area (Å²) in [6.45, 7) is 3.23. The van der Waals surface area contributed by atoms with Gasteiger partial charge in [-0.1, -0.05) is 13.3 Å². The van der Waals surface area contributed by atoms with Crippen LogP contribution in [0, 0.1) is 0 Å². The summed E-state index contributed by atoms with van der Waals surface area (Å²) in [5.41, 5.74) is 4.29. The summed E-state index contributed by atoms with van der Waals surface area (Å²) in [5.74, 6) is 0. The van der Waals surface area contributed by atoms with Crippen molar-refractivity contribution in [2.45, 2.75) is 26.2 Å². The van der Waals surface area contributed by atoms with Crippen LogP contribution < -0.4 is 5.43 Å². The molecule has 2 heteroatoms. The van der Waals surface area contributed by atoms with Gasteiger partial charge in [0.25, 0.3) is 0 Å². The lowest BCUT2D eigenvalue weighted by Gasteiger charge is -1.89. The third kappa shape index (κ3) is 1.22. The van der Waals surface area contributed by atoms with Crippen molar-refractivity contribution in [2.24, 2.45) is 5.10 Å². The Morgan fingerprint density at radius 3 is 3.12 bits per heavy atom. The molecule has 46 valence electrons. The van der Waals surface area contributed by atoms with E-state index in [1.807, 2.05) is 0 Å². The molecule has 1 aliphatic rings. The summed E-state index contributed by atoms with van der Waals surface area (Å²) < 4.78 is 0. The minimum absolute atomic E-state index is 1.05. The fourth-order valence-corrected chi connectivity index (χ4v) is 0.893. The van der Waals surface area contributed by atoms with E-state index in [-0.39, 0.29) is 0 Å². The van der Waals surface area contributed by atoms with Gasteiger partial charge in [0.05, 0.1) is 0 Å². The summed E-state index contributed by atoms with van der Waals surface area (Å²) in [7, 11) is 0. The molecule has 0 bridgehead atoms. The van der Waals surface area contributed by atoms with E-state index < -0.39 is 0 Å². The van der Waals surface area contributed by atoms with Crippen molar-refractivity contribution in [1.82, 2.24) is 5.43 Å². The highest BCUT2D eigenvalue weighted by Gasteiger charge is 2.02. The lowest BCUT2D eigenvalue weighted by molar-refractivity contribution is 0.813. The van der Waals surface area contributed by atoms with Crippen molar-refractivity contribution in [2.75, 3.05) is 6.54 Å². The topological polar surface area (TPSA) is 24.4 Å². The van der Waals surface area contributed by atoms with Crippen molar-refractivity contribution in [1.29, 1.82) is 0 Å². The molecule has 0 aliphatic carbocycles. The standard InChI is InChI=1S/C6H12N2/c1-2-3-6-4-5-7-8-6/h7H,2-5H2,1H3. The van der Waals surface area contributed by atoms with Gasteiger partial charge in [-0.2, -0.15) is 5.10 Å². The van der Waals surface area contributed by atoms with Gasteiger partial charge >= 0.3 is 0 Å². The summed E-state index contributed by atoms with van der Waals surface area (Å²) in [4.78, 5) is 0. The molecular formula is C6H12N2. The summed E-state index contributed by atoms with van der Waals surface area (Å²) in [5, 5.41) is 4.09. The molecule has 1 aliphatic heterocycles. The maximum absolute atomic E-state index is 4.09. The van der Waals surface area contributed by atoms with Gasteiger partial charge in [-0.15, -0.1) is 0 Å². The Morgan fingerprint density at radius 2 is 2.62 bits per heavy atom. The van der Waals surface area contributed by atoms with E-state index in [0.29, 0.717) is 0 Å². The van der Waals surface area contributed by atoms with Crippen LogP contribution >= 0.6 is 0 Å². The minimum atomic E-state index is 1.05. The highest BCUT2D eigenvalue weighted by atomic mass is 15.3. The zero-order chi connectivity index (χ0) is 5.82. The second-order valence-electron chi connectivity index (χ2n) is 2.09. The lowest BCUT2D eigenvalue weighted by Crippen LogP contribution is -1.96. The largest absolute Gasteiger partial charge is 0.310 e. The Balaban J connectivity index is 2.23. The molecule has 8 heavy (non-hydrogen) atoms. The van der Waals surface area contributed by atoms with Gasteiger partial charge in [0.2, 0.25) is 0 Å². The Hall–Kier alpha value is -0.530. The van der Waals surface area contributed by atoms with Crippen LogP contribution in [-0.2, 0) is 0 Å². The van der Waals surface area contributed by atoms with Crippen molar-refractivity contribution >= 4 is 5.71 Å². The minimum Gasteiger partial charge on any atom is -0.310 e. The van der Waals surface area contributed by atoms with Crippen LogP contribution in [0.5, 0.6) is 0 Å². The zero-order valence-corrected chi connectivity index (χ0v) is 5.28. The first-order chi connectivity index (χ1) is 3.93. The first kappa shape index (κ1) is 5.60. The molecule has 0 amide bonds. The number of hydrogen-bond acceptors (Lipinski definition) is 2. The molecule has 1 rings (SSSR count). The fourth-order valence-electron chi connectivity index (χ4n) is 0.893. The molecule has 0 saturated carbocycles. The zero-order valence-electron chi connectivity index (χ0n) is 5.28. The summed E-state index contributed by atoms with van der Waals surface area (Å²) in [6.07, 6.45) is 3.56. The molecule has 0 aromatic heterocycles. The molecular weight excluding hydrogens is 100 g/mol. The molecule has 0 aromatic carbocycles. The predicted molar refractivity (Wildman–Crippen MR) is 35.0 cm³/mol. The molecule has 0 atom stereocenters. The maximum atomic E-state index is 4.09. The highest BCUT2D eigenvalue weighted by Crippen LogP contribution is 1.99. The molecule has 0 aromatic rings. The average Bonchev–Trinajstić information content (AvgIpc) is 2.19. The second-order valence-corrected chi connectivity index (χ2v) is 2.09. The molecule has 0 fully saturated rings. The van der Waals surface area contributed by atoms with Gasteiger partial charge in [0.1, 0.15) is 0 Å². The van der Waals surface area contributed by atoms with E-state index in [0.717, 1.165) is 13.0 Å². The number of hydrazone groups is 1. The fraction of sp³-hybridized carbons (Fsp3) is 0.833. The first-order valence-electron chi connectivity index (χ1n) is 3.21. The van der Waals surface area contributed by atoms with Crippen LogP contribution in [0.1, 0.15) is 26.2 Å². The third-order valence-electron chi connectivity index (χ3n) is 1.30. The third-order valence-corrected chi connectivity index (χ3v) is 1.30. The Bertz CT molecular complexity index is 96.7. The molecule has 2 nitrogen and oxygen atoms in total. The molecule has 0 spiro atoms. The van der Waals surface area contributed by atoms with Gasteiger partial charge in [-0.3, -0.25) is 0 Å².